The highest BCUT2D eigenvalue weighted by atomic mass is 16.2. The summed E-state index contributed by atoms with van der Waals surface area (Å²) in [5.41, 5.74) is 1.28. The standard InChI is InChI=1S/C16H24N2O/c1-12(16(2,3)4)10-18-11-17-14(15(18)19)13-8-6-5-7-9-13/h5-9,12,14,17H,10-11H2,1-4H3. The van der Waals surface area contributed by atoms with E-state index in [1.54, 1.807) is 0 Å². The molecule has 0 bridgehead atoms. The molecule has 2 atom stereocenters. The Labute approximate surface area is 116 Å². The molecule has 1 aliphatic heterocycles. The molecule has 1 N–H and O–H groups in total. The smallest absolute Gasteiger partial charge is 0.245 e. The van der Waals surface area contributed by atoms with Gasteiger partial charge in [-0.25, -0.2) is 0 Å². The molecule has 1 aromatic carbocycles. The Hall–Kier alpha value is -1.35. The van der Waals surface area contributed by atoms with Crippen molar-refractivity contribution in [3.05, 3.63) is 35.9 Å². The lowest BCUT2D eigenvalue weighted by molar-refractivity contribution is -0.129. The van der Waals surface area contributed by atoms with E-state index >= 15 is 0 Å². The molecule has 0 aliphatic carbocycles. The molecule has 1 aromatic rings. The maximum Gasteiger partial charge on any atom is 0.245 e. The Bertz CT molecular complexity index is 436. The van der Waals surface area contributed by atoms with E-state index in [4.69, 9.17) is 0 Å². The molecule has 3 heteroatoms. The molecule has 0 saturated carbocycles. The van der Waals surface area contributed by atoms with Gasteiger partial charge < -0.3 is 4.90 Å². The van der Waals surface area contributed by atoms with Crippen LogP contribution in [0.5, 0.6) is 0 Å². The zero-order valence-corrected chi connectivity index (χ0v) is 12.3. The van der Waals surface area contributed by atoms with Crippen molar-refractivity contribution >= 4 is 5.91 Å². The van der Waals surface area contributed by atoms with Crippen LogP contribution < -0.4 is 5.32 Å². The van der Waals surface area contributed by atoms with Gasteiger partial charge in [0, 0.05) is 6.54 Å². The number of hydrogen-bond acceptors (Lipinski definition) is 2. The van der Waals surface area contributed by atoms with Crippen molar-refractivity contribution in [1.29, 1.82) is 0 Å². The van der Waals surface area contributed by atoms with E-state index in [0.29, 0.717) is 12.6 Å². The van der Waals surface area contributed by atoms with Crippen LogP contribution in [0.3, 0.4) is 0 Å². The Balaban J connectivity index is 2.03. The third kappa shape index (κ3) is 3.16. The molecule has 0 radical (unpaired) electrons. The molecule has 1 saturated heterocycles. The van der Waals surface area contributed by atoms with E-state index in [-0.39, 0.29) is 17.4 Å². The minimum Gasteiger partial charge on any atom is -0.328 e. The van der Waals surface area contributed by atoms with Gasteiger partial charge in [0.15, 0.2) is 0 Å². The summed E-state index contributed by atoms with van der Waals surface area (Å²) in [6.07, 6.45) is 0. The monoisotopic (exact) mass is 260 g/mol. The second-order valence-corrected chi connectivity index (χ2v) is 6.53. The second kappa shape index (κ2) is 5.33. The van der Waals surface area contributed by atoms with E-state index in [9.17, 15) is 4.79 Å². The average Bonchev–Trinajstić information content (AvgIpc) is 2.71. The van der Waals surface area contributed by atoms with Crippen LogP contribution in [0.2, 0.25) is 0 Å². The van der Waals surface area contributed by atoms with Crippen molar-refractivity contribution in [3.63, 3.8) is 0 Å². The molecule has 1 heterocycles. The van der Waals surface area contributed by atoms with E-state index < -0.39 is 0 Å². The largest absolute Gasteiger partial charge is 0.328 e. The van der Waals surface area contributed by atoms with Crippen molar-refractivity contribution in [1.82, 2.24) is 10.2 Å². The van der Waals surface area contributed by atoms with E-state index in [1.165, 1.54) is 0 Å². The van der Waals surface area contributed by atoms with Crippen LogP contribution in [0.25, 0.3) is 0 Å². The molecule has 104 valence electrons. The predicted octanol–water partition coefficient (Wildman–Crippen LogP) is 2.80. The first-order valence-electron chi connectivity index (χ1n) is 6.96. The summed E-state index contributed by atoms with van der Waals surface area (Å²) < 4.78 is 0. The van der Waals surface area contributed by atoms with Gasteiger partial charge in [-0.1, -0.05) is 58.0 Å². The van der Waals surface area contributed by atoms with Crippen LogP contribution >= 0.6 is 0 Å². The molecule has 1 amide bonds. The van der Waals surface area contributed by atoms with Gasteiger partial charge in [0.1, 0.15) is 6.04 Å². The fraction of sp³-hybridized carbons (Fsp3) is 0.562. The molecule has 19 heavy (non-hydrogen) atoms. The van der Waals surface area contributed by atoms with Gasteiger partial charge in [-0.3, -0.25) is 10.1 Å². The van der Waals surface area contributed by atoms with E-state index in [0.717, 1.165) is 12.1 Å². The number of rotatable bonds is 3. The fourth-order valence-electron chi connectivity index (χ4n) is 2.21. The number of carbonyl (C=O) groups is 1. The van der Waals surface area contributed by atoms with E-state index in [1.807, 2.05) is 35.2 Å². The second-order valence-electron chi connectivity index (χ2n) is 6.53. The molecule has 0 aromatic heterocycles. The number of carbonyl (C=O) groups excluding carboxylic acids is 1. The minimum absolute atomic E-state index is 0.173. The van der Waals surface area contributed by atoms with E-state index in [2.05, 4.69) is 33.0 Å². The number of nitrogens with zero attached hydrogens (tertiary/aromatic N) is 1. The third-order valence-electron chi connectivity index (χ3n) is 4.15. The summed E-state index contributed by atoms with van der Waals surface area (Å²) in [5.74, 6) is 0.676. The number of amides is 1. The van der Waals surface area contributed by atoms with Gasteiger partial charge in [0.05, 0.1) is 6.67 Å². The molecule has 1 aliphatic rings. The Morgan fingerprint density at radius 2 is 1.95 bits per heavy atom. The van der Waals surface area contributed by atoms with Crippen molar-refractivity contribution in [3.8, 4) is 0 Å². The van der Waals surface area contributed by atoms with Crippen molar-refractivity contribution in [2.75, 3.05) is 13.2 Å². The Kier molecular flexibility index (Phi) is 3.95. The zero-order chi connectivity index (χ0) is 14.0. The lowest BCUT2D eigenvalue weighted by Gasteiger charge is -2.30. The highest BCUT2D eigenvalue weighted by Crippen LogP contribution is 2.28. The normalized spacial score (nSPS) is 21.8. The summed E-state index contributed by atoms with van der Waals surface area (Å²) in [6, 6.07) is 9.77. The topological polar surface area (TPSA) is 32.3 Å². The first kappa shape index (κ1) is 14.1. The maximum atomic E-state index is 12.4. The molecule has 2 unspecified atom stereocenters. The lowest BCUT2D eigenvalue weighted by Crippen LogP contribution is -2.35. The van der Waals surface area contributed by atoms with Crippen LogP contribution in [0, 0.1) is 11.3 Å². The van der Waals surface area contributed by atoms with Gasteiger partial charge in [-0.05, 0) is 16.9 Å². The van der Waals surface area contributed by atoms with Crippen LogP contribution in [0.15, 0.2) is 30.3 Å². The Morgan fingerprint density at radius 3 is 2.53 bits per heavy atom. The lowest BCUT2D eigenvalue weighted by atomic mass is 9.82. The fourth-order valence-corrected chi connectivity index (χ4v) is 2.21. The predicted molar refractivity (Wildman–Crippen MR) is 77.5 cm³/mol. The summed E-state index contributed by atoms with van der Waals surface area (Å²) in [4.78, 5) is 14.4. The van der Waals surface area contributed by atoms with Crippen LogP contribution in [-0.2, 0) is 4.79 Å². The summed E-state index contributed by atoms with van der Waals surface area (Å²) in [7, 11) is 0. The SMILES string of the molecule is CC(CN1CNC(c2ccccc2)C1=O)C(C)(C)C. The Morgan fingerprint density at radius 1 is 1.32 bits per heavy atom. The van der Waals surface area contributed by atoms with Gasteiger partial charge in [0.25, 0.3) is 0 Å². The van der Waals surface area contributed by atoms with Crippen LogP contribution in [-0.4, -0.2) is 24.0 Å². The molecule has 2 rings (SSSR count). The molecular formula is C16H24N2O. The number of nitrogens with one attached hydrogen (secondary N) is 1. The first-order valence-corrected chi connectivity index (χ1v) is 6.96. The molecule has 1 fully saturated rings. The van der Waals surface area contributed by atoms with Gasteiger partial charge >= 0.3 is 0 Å². The first-order chi connectivity index (χ1) is 8.89. The molecular weight excluding hydrogens is 236 g/mol. The van der Waals surface area contributed by atoms with Crippen molar-refractivity contribution in [2.24, 2.45) is 11.3 Å². The quantitative estimate of drug-likeness (QED) is 0.906. The number of hydrogen-bond donors (Lipinski definition) is 1. The number of benzene rings is 1. The van der Waals surface area contributed by atoms with Crippen LogP contribution in [0.1, 0.15) is 39.3 Å². The van der Waals surface area contributed by atoms with Gasteiger partial charge in [0.2, 0.25) is 5.91 Å². The highest BCUT2D eigenvalue weighted by Gasteiger charge is 2.34. The zero-order valence-electron chi connectivity index (χ0n) is 12.3. The molecule has 3 nitrogen and oxygen atoms in total. The van der Waals surface area contributed by atoms with Crippen LogP contribution in [0.4, 0.5) is 0 Å². The highest BCUT2D eigenvalue weighted by molar-refractivity contribution is 5.85. The minimum atomic E-state index is -0.173. The summed E-state index contributed by atoms with van der Waals surface area (Å²) in [6.45, 7) is 10.3. The average molecular weight is 260 g/mol. The van der Waals surface area contributed by atoms with Crippen molar-refractivity contribution < 1.29 is 4.79 Å². The van der Waals surface area contributed by atoms with Gasteiger partial charge in [-0.2, -0.15) is 0 Å². The summed E-state index contributed by atoms with van der Waals surface area (Å²) >= 11 is 0. The maximum absolute atomic E-state index is 12.4. The summed E-state index contributed by atoms with van der Waals surface area (Å²) in [5, 5.41) is 3.31. The van der Waals surface area contributed by atoms with Crippen molar-refractivity contribution in [2.45, 2.75) is 33.7 Å². The van der Waals surface area contributed by atoms with Gasteiger partial charge in [-0.15, -0.1) is 0 Å². The molecule has 0 spiro atoms. The third-order valence-corrected chi connectivity index (χ3v) is 4.15.